The van der Waals surface area contributed by atoms with Crippen molar-refractivity contribution in [2.75, 3.05) is 40.4 Å². The van der Waals surface area contributed by atoms with Crippen LogP contribution in [-0.2, 0) is 19.6 Å². The van der Waals surface area contributed by atoms with E-state index >= 15 is 0 Å². The number of piperidine rings is 1. The fourth-order valence-electron chi connectivity index (χ4n) is 6.19. The van der Waals surface area contributed by atoms with E-state index in [0.29, 0.717) is 36.4 Å². The normalized spacial score (nSPS) is 22.9. The van der Waals surface area contributed by atoms with E-state index in [4.69, 9.17) is 27.9 Å². The average molecular weight is 629 g/mol. The lowest BCUT2D eigenvalue weighted by Gasteiger charge is -2.37. The van der Waals surface area contributed by atoms with E-state index in [-0.39, 0.29) is 46.9 Å². The molecule has 1 heterocycles. The van der Waals surface area contributed by atoms with Crippen LogP contribution in [0, 0.1) is 17.7 Å². The zero-order valence-electron chi connectivity index (χ0n) is 23.7. The van der Waals surface area contributed by atoms with Crippen molar-refractivity contribution in [3.05, 3.63) is 63.9 Å². The van der Waals surface area contributed by atoms with Crippen LogP contribution in [0.2, 0.25) is 10.0 Å². The maximum absolute atomic E-state index is 13.4. The van der Waals surface area contributed by atoms with Crippen molar-refractivity contribution in [3.8, 4) is 0 Å². The highest BCUT2D eigenvalue weighted by atomic mass is 35.5. The van der Waals surface area contributed by atoms with Crippen molar-refractivity contribution >= 4 is 39.1 Å². The first-order chi connectivity index (χ1) is 19.6. The molecule has 2 unspecified atom stereocenters. The summed E-state index contributed by atoms with van der Waals surface area (Å²) in [6.45, 7) is 1.02. The lowest BCUT2D eigenvalue weighted by atomic mass is 9.76. The fourth-order valence-corrected chi connectivity index (χ4v) is 8.26. The fraction of sp³-hybridized carbons (Fsp3) is 0.567. The molecule has 0 bridgehead atoms. The Morgan fingerprint density at radius 1 is 1.05 bits per heavy atom. The minimum absolute atomic E-state index is 0.0980. The second-order valence-corrected chi connectivity index (χ2v) is 14.1. The average Bonchev–Trinajstić information content (AvgIpc) is 2.95. The van der Waals surface area contributed by atoms with Gasteiger partial charge in [-0.2, -0.15) is 4.31 Å². The molecule has 1 aliphatic carbocycles. The number of rotatable bonds is 11. The van der Waals surface area contributed by atoms with Gasteiger partial charge < -0.3 is 15.0 Å². The summed E-state index contributed by atoms with van der Waals surface area (Å²) >= 11 is 12.0. The van der Waals surface area contributed by atoms with Gasteiger partial charge in [-0.15, -0.1) is 0 Å². The maximum atomic E-state index is 13.4. The van der Waals surface area contributed by atoms with Gasteiger partial charge >= 0.3 is 0 Å². The molecular formula is C30H40Cl2FN3O4S. The monoisotopic (exact) mass is 627 g/mol. The lowest BCUT2D eigenvalue weighted by molar-refractivity contribution is -0.126. The van der Waals surface area contributed by atoms with Crippen LogP contribution in [0.4, 0.5) is 4.39 Å². The van der Waals surface area contributed by atoms with Crippen molar-refractivity contribution in [2.45, 2.75) is 61.9 Å². The van der Waals surface area contributed by atoms with Gasteiger partial charge in [0.2, 0.25) is 15.9 Å². The van der Waals surface area contributed by atoms with Crippen molar-refractivity contribution in [1.29, 1.82) is 0 Å². The smallest absolute Gasteiger partial charge is 0.246 e. The summed E-state index contributed by atoms with van der Waals surface area (Å²) in [5, 5.41) is 3.48. The van der Waals surface area contributed by atoms with Crippen molar-refractivity contribution < 1.29 is 22.3 Å². The number of halogens is 3. The van der Waals surface area contributed by atoms with Gasteiger partial charge in [0.25, 0.3) is 0 Å². The molecule has 1 amide bonds. The molecule has 2 aliphatic rings. The zero-order valence-corrected chi connectivity index (χ0v) is 26.0. The zero-order chi connectivity index (χ0) is 29.6. The third-order valence-electron chi connectivity index (χ3n) is 8.31. The van der Waals surface area contributed by atoms with Gasteiger partial charge in [-0.25, -0.2) is 12.8 Å². The summed E-state index contributed by atoms with van der Waals surface area (Å²) in [4.78, 5) is 14.8. The minimum Gasteiger partial charge on any atom is -0.370 e. The van der Waals surface area contributed by atoms with Crippen LogP contribution in [0.15, 0.2) is 47.4 Å². The number of nitrogens with zero attached hydrogens (tertiary/aromatic N) is 2. The molecule has 2 atom stereocenters. The predicted octanol–water partition coefficient (Wildman–Crippen LogP) is 5.92. The SMILES string of the molecule is CN(C)C(c1ccc(F)cc1)C1CCC(CNC(=O)COCC2CCCCN2S(=O)(=O)c2ccc(Cl)c(Cl)c2)CC1. The third-order valence-corrected chi connectivity index (χ3v) is 11.0. The summed E-state index contributed by atoms with van der Waals surface area (Å²) in [6.07, 6.45) is 6.44. The van der Waals surface area contributed by atoms with Crippen LogP contribution in [0.25, 0.3) is 0 Å². The molecule has 0 radical (unpaired) electrons. The van der Waals surface area contributed by atoms with E-state index in [0.717, 1.165) is 44.1 Å². The van der Waals surface area contributed by atoms with Crippen molar-refractivity contribution in [3.63, 3.8) is 0 Å². The van der Waals surface area contributed by atoms with E-state index in [9.17, 15) is 17.6 Å². The highest BCUT2D eigenvalue weighted by Crippen LogP contribution is 2.39. The van der Waals surface area contributed by atoms with Gasteiger partial charge in [0.1, 0.15) is 12.4 Å². The van der Waals surface area contributed by atoms with Crippen LogP contribution in [-0.4, -0.2) is 70.0 Å². The third kappa shape index (κ3) is 8.42. The standard InChI is InChI=1S/C30H40Cl2FN3O4S/c1-35(2)30(23-10-12-24(33)13-11-23)22-8-6-21(7-9-22)18-34-29(37)20-40-19-25-5-3-4-16-36(25)41(38,39)26-14-15-27(31)28(32)17-26/h10-15,17,21-22,25,30H,3-9,16,18-20H2,1-2H3,(H,34,37). The molecule has 41 heavy (non-hydrogen) atoms. The van der Waals surface area contributed by atoms with Crippen LogP contribution in [0.5, 0.6) is 0 Å². The van der Waals surface area contributed by atoms with Crippen LogP contribution >= 0.6 is 23.2 Å². The van der Waals surface area contributed by atoms with E-state index < -0.39 is 10.0 Å². The highest BCUT2D eigenvalue weighted by molar-refractivity contribution is 7.89. The second-order valence-electron chi connectivity index (χ2n) is 11.4. The van der Waals surface area contributed by atoms with Gasteiger partial charge in [0.05, 0.1) is 21.5 Å². The number of carbonyl (C=O) groups is 1. The van der Waals surface area contributed by atoms with Crippen molar-refractivity contribution in [1.82, 2.24) is 14.5 Å². The molecule has 226 valence electrons. The Kier molecular flexibility index (Phi) is 11.5. The van der Waals surface area contributed by atoms with Gasteiger partial charge in [0.15, 0.2) is 0 Å². The first kappa shape index (κ1) is 32.2. The van der Waals surface area contributed by atoms with E-state index in [1.165, 1.54) is 34.6 Å². The van der Waals surface area contributed by atoms with Gasteiger partial charge in [0, 0.05) is 25.2 Å². The number of hydrogen-bond acceptors (Lipinski definition) is 5. The number of benzene rings is 2. The molecule has 4 rings (SSSR count). The number of ether oxygens (including phenoxy) is 1. The Morgan fingerprint density at radius 3 is 2.41 bits per heavy atom. The Labute approximate surface area is 253 Å². The Balaban J connectivity index is 1.21. The Morgan fingerprint density at radius 2 is 1.76 bits per heavy atom. The molecule has 2 aromatic rings. The van der Waals surface area contributed by atoms with Gasteiger partial charge in [-0.05, 0) is 100 Å². The van der Waals surface area contributed by atoms with Crippen LogP contribution in [0.1, 0.15) is 56.6 Å². The quantitative estimate of drug-likeness (QED) is 0.335. The molecule has 1 N–H and O–H groups in total. The van der Waals surface area contributed by atoms with E-state index in [1.54, 1.807) is 0 Å². The molecule has 1 aliphatic heterocycles. The predicted molar refractivity (Wildman–Crippen MR) is 160 cm³/mol. The molecular weight excluding hydrogens is 588 g/mol. The number of carbonyl (C=O) groups excluding carboxylic acids is 1. The summed E-state index contributed by atoms with van der Waals surface area (Å²) in [6, 6.07) is 11.0. The maximum Gasteiger partial charge on any atom is 0.246 e. The minimum atomic E-state index is -3.77. The topological polar surface area (TPSA) is 79.0 Å². The molecule has 1 saturated heterocycles. The van der Waals surface area contributed by atoms with Crippen LogP contribution < -0.4 is 5.32 Å². The van der Waals surface area contributed by atoms with E-state index in [1.807, 2.05) is 12.1 Å². The highest BCUT2D eigenvalue weighted by Gasteiger charge is 2.34. The van der Waals surface area contributed by atoms with Gasteiger partial charge in [-0.3, -0.25) is 4.79 Å². The first-order valence-electron chi connectivity index (χ1n) is 14.3. The summed E-state index contributed by atoms with van der Waals surface area (Å²) in [5.41, 5.74) is 1.13. The number of sulfonamides is 1. The first-order valence-corrected chi connectivity index (χ1v) is 16.5. The lowest BCUT2D eigenvalue weighted by Crippen LogP contribution is -2.46. The summed E-state index contributed by atoms with van der Waals surface area (Å²) in [7, 11) is 0.358. The number of amides is 1. The van der Waals surface area contributed by atoms with Gasteiger partial charge in [-0.1, -0.05) is 41.8 Å². The molecule has 2 fully saturated rings. The molecule has 2 aromatic carbocycles. The Bertz CT molecular complexity index is 1270. The Hall–Kier alpha value is -1.75. The molecule has 7 nitrogen and oxygen atoms in total. The summed E-state index contributed by atoms with van der Waals surface area (Å²) < 4.78 is 47.2. The largest absolute Gasteiger partial charge is 0.370 e. The molecule has 1 saturated carbocycles. The molecule has 0 aromatic heterocycles. The van der Waals surface area contributed by atoms with E-state index in [2.05, 4.69) is 24.3 Å². The van der Waals surface area contributed by atoms with Crippen molar-refractivity contribution in [2.24, 2.45) is 11.8 Å². The van der Waals surface area contributed by atoms with Crippen LogP contribution in [0.3, 0.4) is 0 Å². The molecule has 11 heteroatoms. The summed E-state index contributed by atoms with van der Waals surface area (Å²) in [5.74, 6) is 0.458. The molecule has 0 spiro atoms. The second kappa shape index (κ2) is 14.6. The number of hydrogen-bond donors (Lipinski definition) is 1. The number of nitrogens with one attached hydrogen (secondary N) is 1.